The summed E-state index contributed by atoms with van der Waals surface area (Å²) in [5, 5.41) is 2.87. The maximum absolute atomic E-state index is 13.6. The number of aryl methyl sites for hydroxylation is 1. The average Bonchev–Trinajstić information content (AvgIpc) is 2.96. The molecule has 0 radical (unpaired) electrons. The van der Waals surface area contributed by atoms with Crippen LogP contribution in [0, 0.1) is 5.82 Å². The zero-order chi connectivity index (χ0) is 20.8. The lowest BCUT2D eigenvalue weighted by molar-refractivity contribution is -0.124. The number of carbonyl (C=O) groups is 3. The second kappa shape index (κ2) is 9.71. The summed E-state index contributed by atoms with van der Waals surface area (Å²) < 4.78 is 13.6. The van der Waals surface area contributed by atoms with E-state index in [9.17, 15) is 18.8 Å². The minimum atomic E-state index is -0.393. The van der Waals surface area contributed by atoms with Gasteiger partial charge in [0.25, 0.3) is 11.1 Å². The Balaban J connectivity index is 1.48. The molecule has 0 aromatic heterocycles. The molecule has 1 aliphatic rings. The first-order chi connectivity index (χ1) is 13.9. The van der Waals surface area contributed by atoms with Crippen molar-refractivity contribution in [2.24, 2.45) is 0 Å². The Kier molecular flexibility index (Phi) is 7.06. The van der Waals surface area contributed by atoms with Gasteiger partial charge in [0.1, 0.15) is 5.82 Å². The van der Waals surface area contributed by atoms with Crippen molar-refractivity contribution in [2.45, 2.75) is 12.8 Å². The van der Waals surface area contributed by atoms with E-state index < -0.39 is 5.91 Å². The summed E-state index contributed by atoms with van der Waals surface area (Å²) in [6.07, 6.45) is 2.04. The summed E-state index contributed by atoms with van der Waals surface area (Å²) in [5.41, 5.74) is 1.24. The third-order valence-electron chi connectivity index (χ3n) is 4.28. The third kappa shape index (κ3) is 5.68. The van der Waals surface area contributed by atoms with Crippen molar-refractivity contribution in [3.8, 4) is 0 Å². The summed E-state index contributed by atoms with van der Waals surface area (Å²) in [4.78, 5) is 37.9. The molecular weight excluding hydrogens is 415 g/mol. The van der Waals surface area contributed by atoms with Gasteiger partial charge in [-0.3, -0.25) is 19.3 Å². The molecule has 2 aromatic rings. The van der Waals surface area contributed by atoms with Crippen LogP contribution in [0.5, 0.6) is 0 Å². The van der Waals surface area contributed by atoms with Crippen molar-refractivity contribution in [2.75, 3.05) is 13.1 Å². The molecule has 1 heterocycles. The average molecular weight is 433 g/mol. The van der Waals surface area contributed by atoms with Gasteiger partial charge >= 0.3 is 0 Å². The van der Waals surface area contributed by atoms with Crippen molar-refractivity contribution >= 4 is 46.5 Å². The monoisotopic (exact) mass is 432 g/mol. The Morgan fingerprint density at radius 1 is 1.14 bits per heavy atom. The minimum absolute atomic E-state index is 0.0774. The zero-order valence-corrected chi connectivity index (χ0v) is 16.9. The Morgan fingerprint density at radius 3 is 2.59 bits per heavy atom. The molecule has 0 spiro atoms. The van der Waals surface area contributed by atoms with Gasteiger partial charge < -0.3 is 5.32 Å². The Bertz CT molecular complexity index is 963. The van der Waals surface area contributed by atoms with Crippen LogP contribution in [0.15, 0.2) is 53.4 Å². The largest absolute Gasteiger partial charge is 0.354 e. The number of nitrogens with one attached hydrogen (secondary N) is 1. The van der Waals surface area contributed by atoms with Gasteiger partial charge in [0.05, 0.1) is 4.91 Å². The maximum atomic E-state index is 13.6. The molecule has 1 N–H and O–H groups in total. The standard InChI is InChI=1S/C21H18ClFN2O3S/c22-16-8-5-14(6-9-16)13-18-20(27)25(21(28)29-18)12-11-24-19(26)10-7-15-3-1-2-4-17(15)23/h1-6,8-9,13H,7,10-12H2,(H,24,26)/b18-13-. The fraction of sp³-hybridized carbons (Fsp3) is 0.190. The van der Waals surface area contributed by atoms with Crippen LogP contribution in [0.1, 0.15) is 17.5 Å². The highest BCUT2D eigenvalue weighted by atomic mass is 35.5. The van der Waals surface area contributed by atoms with Crippen LogP contribution in [0.4, 0.5) is 9.18 Å². The Labute approximate surface area is 176 Å². The molecule has 3 amide bonds. The number of thioether (sulfide) groups is 1. The summed E-state index contributed by atoms with van der Waals surface area (Å²) in [6, 6.07) is 13.2. The molecule has 5 nitrogen and oxygen atoms in total. The van der Waals surface area contributed by atoms with E-state index in [4.69, 9.17) is 11.6 Å². The SMILES string of the molecule is O=C(CCc1ccccc1F)NCCN1C(=O)S/C(=C\c2ccc(Cl)cc2)C1=O. The maximum Gasteiger partial charge on any atom is 0.293 e. The van der Waals surface area contributed by atoms with Crippen LogP contribution in [-0.2, 0) is 16.0 Å². The molecule has 3 rings (SSSR count). The number of hydrogen-bond acceptors (Lipinski definition) is 4. The molecule has 29 heavy (non-hydrogen) atoms. The number of rotatable bonds is 7. The van der Waals surface area contributed by atoms with Crippen molar-refractivity contribution in [1.29, 1.82) is 0 Å². The van der Waals surface area contributed by atoms with Gasteiger partial charge in [-0.1, -0.05) is 41.9 Å². The van der Waals surface area contributed by atoms with Crippen LogP contribution in [0.3, 0.4) is 0 Å². The first-order valence-corrected chi connectivity index (χ1v) is 10.1. The minimum Gasteiger partial charge on any atom is -0.354 e. The van der Waals surface area contributed by atoms with E-state index in [2.05, 4.69) is 5.32 Å². The molecule has 0 saturated carbocycles. The molecular formula is C21H18ClFN2O3S. The lowest BCUT2D eigenvalue weighted by Crippen LogP contribution is -2.37. The summed E-state index contributed by atoms with van der Waals surface area (Å²) in [6.45, 7) is 0.219. The topological polar surface area (TPSA) is 66.5 Å². The van der Waals surface area contributed by atoms with Gasteiger partial charge in [-0.2, -0.15) is 0 Å². The summed E-state index contributed by atoms with van der Waals surface area (Å²) >= 11 is 6.70. The molecule has 1 aliphatic heterocycles. The van der Waals surface area contributed by atoms with Gasteiger partial charge in [-0.15, -0.1) is 0 Å². The molecule has 1 saturated heterocycles. The van der Waals surface area contributed by atoms with Gasteiger partial charge in [0.2, 0.25) is 5.91 Å². The van der Waals surface area contributed by atoms with Crippen LogP contribution in [0.25, 0.3) is 6.08 Å². The predicted molar refractivity (Wildman–Crippen MR) is 112 cm³/mol. The molecule has 8 heteroatoms. The fourth-order valence-corrected chi connectivity index (χ4v) is 3.74. The molecule has 2 aromatic carbocycles. The second-order valence-corrected chi connectivity index (χ2v) is 7.76. The van der Waals surface area contributed by atoms with E-state index in [1.165, 1.54) is 6.07 Å². The number of nitrogens with zero attached hydrogens (tertiary/aromatic N) is 1. The zero-order valence-electron chi connectivity index (χ0n) is 15.4. The molecule has 1 fully saturated rings. The van der Waals surface area contributed by atoms with Gasteiger partial charge in [-0.25, -0.2) is 4.39 Å². The van der Waals surface area contributed by atoms with Crippen molar-refractivity contribution in [3.63, 3.8) is 0 Å². The van der Waals surface area contributed by atoms with E-state index >= 15 is 0 Å². The molecule has 150 valence electrons. The lowest BCUT2D eigenvalue weighted by atomic mass is 10.1. The van der Waals surface area contributed by atoms with Gasteiger partial charge in [-0.05, 0) is 53.6 Å². The third-order valence-corrected chi connectivity index (χ3v) is 5.44. The normalized spacial score (nSPS) is 15.2. The summed E-state index contributed by atoms with van der Waals surface area (Å²) in [5.74, 6) is -1.00. The first-order valence-electron chi connectivity index (χ1n) is 8.95. The number of hydrogen-bond donors (Lipinski definition) is 1. The van der Waals surface area contributed by atoms with E-state index in [-0.39, 0.29) is 42.9 Å². The quantitative estimate of drug-likeness (QED) is 0.664. The highest BCUT2D eigenvalue weighted by molar-refractivity contribution is 8.18. The molecule has 0 atom stereocenters. The van der Waals surface area contributed by atoms with Crippen molar-refractivity contribution < 1.29 is 18.8 Å². The number of halogens is 2. The smallest absolute Gasteiger partial charge is 0.293 e. The van der Waals surface area contributed by atoms with Crippen LogP contribution >= 0.6 is 23.4 Å². The van der Waals surface area contributed by atoms with Crippen molar-refractivity contribution in [3.05, 3.63) is 75.4 Å². The predicted octanol–water partition coefficient (Wildman–Crippen LogP) is 4.26. The van der Waals surface area contributed by atoms with E-state index in [1.807, 2.05) is 0 Å². The molecule has 0 bridgehead atoms. The van der Waals surface area contributed by atoms with Gasteiger partial charge in [0, 0.05) is 24.5 Å². The van der Waals surface area contributed by atoms with Crippen LogP contribution in [-0.4, -0.2) is 35.0 Å². The number of benzene rings is 2. The molecule has 0 aliphatic carbocycles. The first kappa shape index (κ1) is 21.1. The fourth-order valence-electron chi connectivity index (χ4n) is 2.75. The Morgan fingerprint density at radius 2 is 1.86 bits per heavy atom. The lowest BCUT2D eigenvalue weighted by Gasteiger charge is -2.13. The van der Waals surface area contributed by atoms with Crippen LogP contribution in [0.2, 0.25) is 5.02 Å². The number of imide groups is 1. The number of carbonyl (C=O) groups excluding carboxylic acids is 3. The van der Waals surface area contributed by atoms with E-state index in [0.29, 0.717) is 15.5 Å². The van der Waals surface area contributed by atoms with Gasteiger partial charge in [0.15, 0.2) is 0 Å². The summed E-state index contributed by atoms with van der Waals surface area (Å²) in [7, 11) is 0. The van der Waals surface area contributed by atoms with E-state index in [0.717, 1.165) is 22.2 Å². The van der Waals surface area contributed by atoms with E-state index in [1.54, 1.807) is 48.5 Å². The van der Waals surface area contributed by atoms with Crippen LogP contribution < -0.4 is 5.32 Å². The Hall–Kier alpha value is -2.64. The highest BCUT2D eigenvalue weighted by Gasteiger charge is 2.34. The highest BCUT2D eigenvalue weighted by Crippen LogP contribution is 2.32. The van der Waals surface area contributed by atoms with Crippen molar-refractivity contribution in [1.82, 2.24) is 10.2 Å². The number of amides is 3. The second-order valence-electron chi connectivity index (χ2n) is 6.33. The molecule has 0 unspecified atom stereocenters.